The molecule has 4 rings (SSSR count). The van der Waals surface area contributed by atoms with Gasteiger partial charge in [0.1, 0.15) is 11.6 Å². The third-order valence-electron chi connectivity index (χ3n) is 6.30. The van der Waals surface area contributed by atoms with Gasteiger partial charge in [-0.25, -0.2) is 4.39 Å². The zero-order valence-corrected chi connectivity index (χ0v) is 20.3. The summed E-state index contributed by atoms with van der Waals surface area (Å²) in [6.07, 6.45) is 2.57. The number of hydrogen-bond donors (Lipinski definition) is 0. The Bertz CT molecular complexity index is 1230. The number of rotatable bonds is 6. The molecule has 0 unspecified atom stereocenters. The topological polar surface area (TPSA) is 66.9 Å². The van der Waals surface area contributed by atoms with Crippen LogP contribution < -0.4 is 4.74 Å². The van der Waals surface area contributed by atoms with E-state index in [0.717, 1.165) is 30.2 Å². The predicted molar refractivity (Wildman–Crippen MR) is 130 cm³/mol. The maximum Gasteiger partial charge on any atom is 0.295 e. The molecule has 1 aliphatic rings. The summed E-state index contributed by atoms with van der Waals surface area (Å²) in [5, 5.41) is 3.13. The van der Waals surface area contributed by atoms with Crippen LogP contribution in [0.5, 0.6) is 5.75 Å². The van der Waals surface area contributed by atoms with Crippen molar-refractivity contribution < 1.29 is 23.5 Å². The van der Waals surface area contributed by atoms with Gasteiger partial charge in [-0.05, 0) is 65.8 Å². The van der Waals surface area contributed by atoms with E-state index in [4.69, 9.17) is 4.74 Å². The quantitative estimate of drug-likeness (QED) is 0.386. The van der Waals surface area contributed by atoms with Crippen molar-refractivity contribution in [3.05, 3.63) is 63.6 Å². The summed E-state index contributed by atoms with van der Waals surface area (Å²) in [7, 11) is 4.59. The van der Waals surface area contributed by atoms with Gasteiger partial charge in [0.25, 0.3) is 17.6 Å². The van der Waals surface area contributed by atoms with Crippen LogP contribution in [0.3, 0.4) is 0 Å². The molecule has 0 atom stereocenters. The molecule has 6 nitrogen and oxygen atoms in total. The van der Waals surface area contributed by atoms with Crippen molar-refractivity contribution in [3.63, 3.8) is 0 Å². The second-order valence-electron chi connectivity index (χ2n) is 8.80. The molecular formula is C26H27FN2O4S. The average molecular weight is 483 g/mol. The lowest BCUT2D eigenvalue weighted by atomic mass is 9.90. The number of thiophene rings is 1. The Hall–Kier alpha value is -3.26. The molecule has 34 heavy (non-hydrogen) atoms. The van der Waals surface area contributed by atoms with E-state index < -0.39 is 11.7 Å². The normalized spacial score (nSPS) is 14.3. The van der Waals surface area contributed by atoms with Crippen LogP contribution in [0.4, 0.5) is 4.39 Å². The van der Waals surface area contributed by atoms with Crippen LogP contribution in [-0.2, 0) is 11.2 Å². The molecule has 178 valence electrons. The molecule has 8 heteroatoms. The van der Waals surface area contributed by atoms with Gasteiger partial charge in [0.2, 0.25) is 0 Å². The molecule has 1 aliphatic heterocycles. The first-order valence-corrected chi connectivity index (χ1v) is 12.1. The number of ketones is 1. The SMILES string of the molecule is COc1cc2csc(C(=O)C(=O)N(C)C)c2cc1C(=O)N1CCC(Cc2ccc(F)cc2)CC1. The zero-order chi connectivity index (χ0) is 24.4. The number of Topliss-reactive ketones (excluding diaryl/α,β-unsaturated/α-hetero) is 1. The van der Waals surface area contributed by atoms with E-state index in [1.165, 1.54) is 49.6 Å². The van der Waals surface area contributed by atoms with Gasteiger partial charge in [0.15, 0.2) is 0 Å². The molecule has 1 fully saturated rings. The first-order chi connectivity index (χ1) is 16.3. The van der Waals surface area contributed by atoms with Crippen LogP contribution in [0, 0.1) is 11.7 Å². The van der Waals surface area contributed by atoms with E-state index in [1.807, 2.05) is 17.0 Å². The maximum absolute atomic E-state index is 13.4. The highest BCUT2D eigenvalue weighted by Gasteiger charge is 2.28. The van der Waals surface area contributed by atoms with Gasteiger partial charge in [-0.3, -0.25) is 14.4 Å². The fraction of sp³-hybridized carbons (Fsp3) is 0.346. The Morgan fingerprint density at radius 2 is 1.79 bits per heavy atom. The van der Waals surface area contributed by atoms with Crippen molar-refractivity contribution in [1.29, 1.82) is 0 Å². The van der Waals surface area contributed by atoms with Crippen molar-refractivity contribution in [2.45, 2.75) is 19.3 Å². The number of piperidine rings is 1. The van der Waals surface area contributed by atoms with Crippen LogP contribution >= 0.6 is 11.3 Å². The number of halogens is 1. The fourth-order valence-electron chi connectivity index (χ4n) is 4.35. The first kappa shape index (κ1) is 23.9. The molecule has 1 saturated heterocycles. The van der Waals surface area contributed by atoms with E-state index in [-0.39, 0.29) is 11.7 Å². The number of fused-ring (bicyclic) bond motifs is 1. The molecule has 0 spiro atoms. The minimum atomic E-state index is -0.601. The lowest BCUT2D eigenvalue weighted by Crippen LogP contribution is -2.39. The van der Waals surface area contributed by atoms with E-state index in [2.05, 4.69) is 0 Å². The summed E-state index contributed by atoms with van der Waals surface area (Å²) in [6.45, 7) is 1.22. The van der Waals surface area contributed by atoms with Crippen molar-refractivity contribution in [2.24, 2.45) is 5.92 Å². The number of hydrogen-bond acceptors (Lipinski definition) is 5. The highest BCUT2D eigenvalue weighted by molar-refractivity contribution is 7.14. The summed E-state index contributed by atoms with van der Waals surface area (Å²) in [5.74, 6) is -0.705. The molecule has 0 aliphatic carbocycles. The maximum atomic E-state index is 13.4. The van der Waals surface area contributed by atoms with E-state index in [0.29, 0.717) is 40.6 Å². The number of nitrogens with zero attached hydrogens (tertiary/aromatic N) is 2. The number of methoxy groups -OCH3 is 1. The predicted octanol–water partition coefficient (Wildman–Crippen LogP) is 4.41. The number of amides is 2. The van der Waals surface area contributed by atoms with Gasteiger partial charge in [0, 0.05) is 32.6 Å². The van der Waals surface area contributed by atoms with Gasteiger partial charge in [0.05, 0.1) is 17.6 Å². The minimum Gasteiger partial charge on any atom is -0.496 e. The molecular weight excluding hydrogens is 455 g/mol. The van der Waals surface area contributed by atoms with Crippen LogP contribution in [0.25, 0.3) is 10.8 Å². The van der Waals surface area contributed by atoms with Gasteiger partial charge < -0.3 is 14.5 Å². The summed E-state index contributed by atoms with van der Waals surface area (Å²) in [5.41, 5.74) is 1.48. The average Bonchev–Trinajstić information content (AvgIpc) is 3.26. The summed E-state index contributed by atoms with van der Waals surface area (Å²) in [4.78, 5) is 41.7. The fourth-order valence-corrected chi connectivity index (χ4v) is 5.29. The molecule has 0 bridgehead atoms. The van der Waals surface area contributed by atoms with Gasteiger partial charge in [-0.1, -0.05) is 12.1 Å². The van der Waals surface area contributed by atoms with Crippen molar-refractivity contribution in [1.82, 2.24) is 9.80 Å². The van der Waals surface area contributed by atoms with Crippen LogP contribution in [0.15, 0.2) is 41.8 Å². The molecule has 0 saturated carbocycles. The third-order valence-corrected chi connectivity index (χ3v) is 7.31. The van der Waals surface area contributed by atoms with Gasteiger partial charge in [-0.15, -0.1) is 11.3 Å². The van der Waals surface area contributed by atoms with E-state index >= 15 is 0 Å². The van der Waals surface area contributed by atoms with Gasteiger partial charge >= 0.3 is 0 Å². The lowest BCUT2D eigenvalue weighted by molar-refractivity contribution is -0.124. The van der Waals surface area contributed by atoms with Crippen molar-refractivity contribution in [3.8, 4) is 5.75 Å². The molecule has 3 aromatic rings. The summed E-state index contributed by atoms with van der Waals surface area (Å²) in [6, 6.07) is 10.0. The minimum absolute atomic E-state index is 0.150. The number of ether oxygens (including phenoxy) is 1. The Morgan fingerprint density at radius 3 is 2.41 bits per heavy atom. The van der Waals surface area contributed by atoms with Crippen molar-refractivity contribution >= 4 is 39.7 Å². The Kier molecular flexibility index (Phi) is 6.97. The molecule has 2 amide bonds. The van der Waals surface area contributed by atoms with Gasteiger partial charge in [-0.2, -0.15) is 0 Å². The lowest BCUT2D eigenvalue weighted by Gasteiger charge is -2.32. The Morgan fingerprint density at radius 1 is 1.12 bits per heavy atom. The highest BCUT2D eigenvalue weighted by atomic mass is 32.1. The summed E-state index contributed by atoms with van der Waals surface area (Å²) < 4.78 is 18.7. The second kappa shape index (κ2) is 9.93. The smallest absolute Gasteiger partial charge is 0.295 e. The standard InChI is InChI=1S/C26H27FN2O4S/c1-28(2)26(32)23(30)24-20-14-21(22(33-3)13-18(20)15-34-24)25(31)29-10-8-17(9-11-29)12-16-4-6-19(27)7-5-16/h4-7,13-15,17H,8-12H2,1-3H3. The molecule has 0 radical (unpaired) electrons. The van der Waals surface area contributed by atoms with Crippen LogP contribution in [0.1, 0.15) is 38.4 Å². The molecule has 2 heterocycles. The summed E-state index contributed by atoms with van der Waals surface area (Å²) >= 11 is 1.19. The van der Waals surface area contributed by atoms with Crippen LogP contribution in [-0.4, -0.2) is 61.7 Å². The molecule has 1 aromatic heterocycles. The Balaban J connectivity index is 1.52. The number of likely N-dealkylation sites (N-methyl/N-ethyl adjacent to an activating group) is 1. The zero-order valence-electron chi connectivity index (χ0n) is 19.5. The molecule has 2 aromatic carbocycles. The highest BCUT2D eigenvalue weighted by Crippen LogP contribution is 2.34. The number of carbonyl (C=O) groups is 3. The second-order valence-corrected chi connectivity index (χ2v) is 9.68. The van der Waals surface area contributed by atoms with E-state index in [1.54, 1.807) is 17.5 Å². The molecule has 0 N–H and O–H groups in total. The number of benzene rings is 2. The number of likely N-dealkylation sites (tertiary alicyclic amines) is 1. The monoisotopic (exact) mass is 482 g/mol. The Labute approximate surface area is 201 Å². The number of carbonyl (C=O) groups excluding carboxylic acids is 3. The third kappa shape index (κ3) is 4.82. The van der Waals surface area contributed by atoms with Crippen LogP contribution in [0.2, 0.25) is 0 Å². The largest absolute Gasteiger partial charge is 0.496 e. The van der Waals surface area contributed by atoms with Crippen molar-refractivity contribution in [2.75, 3.05) is 34.3 Å². The first-order valence-electron chi connectivity index (χ1n) is 11.2. The van der Waals surface area contributed by atoms with E-state index in [9.17, 15) is 18.8 Å².